The highest BCUT2D eigenvalue weighted by atomic mass is 35.5. The SMILES string of the molecule is CC/C(C)=C(/NC(=N)CC1CCCC1)C(=O)N[C@H](C)CCc1cc(Cl)ccc1NC=O. The van der Waals surface area contributed by atoms with E-state index in [1.807, 2.05) is 26.8 Å². The molecule has 0 bridgehead atoms. The quantitative estimate of drug-likeness (QED) is 0.163. The van der Waals surface area contributed by atoms with Gasteiger partial charge in [-0.05, 0) is 68.4 Å². The summed E-state index contributed by atoms with van der Waals surface area (Å²) < 4.78 is 0. The number of carbonyl (C=O) groups excluding carboxylic acids is 2. The smallest absolute Gasteiger partial charge is 0.267 e. The maximum absolute atomic E-state index is 13.0. The summed E-state index contributed by atoms with van der Waals surface area (Å²) in [4.78, 5) is 23.8. The van der Waals surface area contributed by atoms with Crippen molar-refractivity contribution in [2.24, 2.45) is 5.92 Å². The molecule has 1 aliphatic rings. The lowest BCUT2D eigenvalue weighted by atomic mass is 10.0. The third-order valence-electron chi connectivity index (χ3n) is 5.93. The molecule has 170 valence electrons. The molecule has 0 aliphatic heterocycles. The topological polar surface area (TPSA) is 94.1 Å². The lowest BCUT2D eigenvalue weighted by Crippen LogP contribution is -2.40. The molecule has 4 N–H and O–H groups in total. The standard InChI is InChI=1S/C24H35ClN4O2/c1-4-16(2)23(29-22(26)13-18-7-5-6-8-18)24(31)28-17(3)9-10-19-14-20(25)11-12-21(19)27-15-30/h11-12,14-15,17-18H,4-10,13H2,1-3H3,(H2,26,29)(H,27,30)(H,28,31)/b23-16+/t17-/m1/s1. The average molecular weight is 447 g/mol. The lowest BCUT2D eigenvalue weighted by molar-refractivity contribution is -0.118. The Morgan fingerprint density at radius 1 is 1.32 bits per heavy atom. The summed E-state index contributed by atoms with van der Waals surface area (Å²) in [5.41, 5.74) is 3.08. The van der Waals surface area contributed by atoms with Gasteiger partial charge in [-0.15, -0.1) is 0 Å². The number of amidine groups is 1. The van der Waals surface area contributed by atoms with Crippen LogP contribution in [-0.2, 0) is 16.0 Å². The van der Waals surface area contributed by atoms with Crippen LogP contribution >= 0.6 is 11.6 Å². The fraction of sp³-hybridized carbons (Fsp3) is 0.542. The first-order chi connectivity index (χ1) is 14.8. The van der Waals surface area contributed by atoms with Crippen LogP contribution in [0.1, 0.15) is 71.3 Å². The largest absolute Gasteiger partial charge is 0.348 e. The number of carbonyl (C=O) groups is 2. The van der Waals surface area contributed by atoms with Crippen LogP contribution in [0.3, 0.4) is 0 Å². The summed E-state index contributed by atoms with van der Waals surface area (Å²) in [5.74, 6) is 0.790. The van der Waals surface area contributed by atoms with E-state index in [2.05, 4.69) is 16.0 Å². The van der Waals surface area contributed by atoms with Gasteiger partial charge in [0.25, 0.3) is 5.91 Å². The fourth-order valence-corrected chi connectivity index (χ4v) is 4.15. The first kappa shape index (κ1) is 24.9. The molecule has 0 heterocycles. The van der Waals surface area contributed by atoms with E-state index >= 15 is 0 Å². The van der Waals surface area contributed by atoms with Gasteiger partial charge in [0.15, 0.2) is 0 Å². The van der Waals surface area contributed by atoms with E-state index < -0.39 is 0 Å². The number of hydrogen-bond donors (Lipinski definition) is 4. The van der Waals surface area contributed by atoms with Crippen molar-refractivity contribution >= 4 is 35.4 Å². The van der Waals surface area contributed by atoms with Gasteiger partial charge in [0, 0.05) is 23.2 Å². The minimum absolute atomic E-state index is 0.0824. The molecule has 31 heavy (non-hydrogen) atoms. The second kappa shape index (κ2) is 12.5. The predicted molar refractivity (Wildman–Crippen MR) is 127 cm³/mol. The van der Waals surface area contributed by atoms with Crippen LogP contribution < -0.4 is 16.0 Å². The number of allylic oxidation sites excluding steroid dienone is 1. The van der Waals surface area contributed by atoms with Gasteiger partial charge in [0.2, 0.25) is 6.41 Å². The van der Waals surface area contributed by atoms with E-state index in [9.17, 15) is 9.59 Å². The Kier molecular flexibility index (Phi) is 10.0. The van der Waals surface area contributed by atoms with Crippen molar-refractivity contribution in [3.63, 3.8) is 0 Å². The minimum Gasteiger partial charge on any atom is -0.348 e. The second-order valence-electron chi connectivity index (χ2n) is 8.44. The Morgan fingerprint density at radius 3 is 2.68 bits per heavy atom. The Labute approximate surface area is 190 Å². The summed E-state index contributed by atoms with van der Waals surface area (Å²) >= 11 is 6.10. The molecule has 6 nitrogen and oxygen atoms in total. The fourth-order valence-electron chi connectivity index (χ4n) is 3.95. The molecule has 1 fully saturated rings. The van der Waals surface area contributed by atoms with Gasteiger partial charge in [-0.1, -0.05) is 44.2 Å². The Hall–Kier alpha value is -2.34. The van der Waals surface area contributed by atoms with Gasteiger partial charge in [-0.25, -0.2) is 0 Å². The summed E-state index contributed by atoms with van der Waals surface area (Å²) in [6.07, 6.45) is 8.26. The molecule has 2 amide bonds. The molecule has 2 rings (SSSR count). The van der Waals surface area contributed by atoms with Crippen LogP contribution in [0.25, 0.3) is 0 Å². The maximum Gasteiger partial charge on any atom is 0.267 e. The first-order valence-corrected chi connectivity index (χ1v) is 11.6. The molecule has 1 aromatic rings. The molecule has 0 spiro atoms. The van der Waals surface area contributed by atoms with Crippen LogP contribution in [0.15, 0.2) is 29.5 Å². The number of hydrogen-bond acceptors (Lipinski definition) is 3. The average Bonchev–Trinajstić information content (AvgIpc) is 3.24. The molecule has 7 heteroatoms. The minimum atomic E-state index is -0.180. The van der Waals surface area contributed by atoms with Crippen molar-refractivity contribution in [3.8, 4) is 0 Å². The number of aryl methyl sites for hydroxylation is 1. The van der Waals surface area contributed by atoms with Gasteiger partial charge in [0.05, 0.1) is 5.84 Å². The van der Waals surface area contributed by atoms with Gasteiger partial charge >= 0.3 is 0 Å². The predicted octanol–water partition coefficient (Wildman–Crippen LogP) is 5.18. The van der Waals surface area contributed by atoms with E-state index in [4.69, 9.17) is 17.0 Å². The highest BCUT2D eigenvalue weighted by Gasteiger charge is 2.20. The molecule has 0 radical (unpaired) electrons. The Balaban J connectivity index is 1.95. The van der Waals surface area contributed by atoms with E-state index in [0.29, 0.717) is 48.1 Å². The number of anilines is 1. The Morgan fingerprint density at radius 2 is 2.03 bits per heavy atom. The third-order valence-corrected chi connectivity index (χ3v) is 6.17. The second-order valence-corrected chi connectivity index (χ2v) is 8.88. The maximum atomic E-state index is 13.0. The molecule has 1 saturated carbocycles. The van der Waals surface area contributed by atoms with Crippen molar-refractivity contribution in [1.82, 2.24) is 10.6 Å². The van der Waals surface area contributed by atoms with Gasteiger partial charge < -0.3 is 16.0 Å². The molecule has 1 aromatic carbocycles. The van der Waals surface area contributed by atoms with Crippen LogP contribution in [-0.4, -0.2) is 24.2 Å². The number of halogens is 1. The van der Waals surface area contributed by atoms with Gasteiger partial charge in [-0.2, -0.15) is 0 Å². The number of benzene rings is 1. The zero-order chi connectivity index (χ0) is 22.8. The summed E-state index contributed by atoms with van der Waals surface area (Å²) in [6.45, 7) is 5.89. The van der Waals surface area contributed by atoms with E-state index in [0.717, 1.165) is 23.2 Å². The molecule has 0 unspecified atom stereocenters. The summed E-state index contributed by atoms with van der Waals surface area (Å²) in [7, 11) is 0. The molecule has 0 aromatic heterocycles. The van der Waals surface area contributed by atoms with Crippen molar-refractivity contribution in [3.05, 3.63) is 40.1 Å². The third kappa shape index (κ3) is 8.02. The number of nitrogens with one attached hydrogen (secondary N) is 4. The summed E-state index contributed by atoms with van der Waals surface area (Å²) in [6, 6.07) is 5.26. The van der Waals surface area contributed by atoms with Gasteiger partial charge in [0.1, 0.15) is 5.70 Å². The van der Waals surface area contributed by atoms with Gasteiger partial charge in [-0.3, -0.25) is 15.0 Å². The van der Waals surface area contributed by atoms with Crippen LogP contribution in [0.5, 0.6) is 0 Å². The Bertz CT molecular complexity index is 816. The van der Waals surface area contributed by atoms with E-state index in [1.165, 1.54) is 25.7 Å². The van der Waals surface area contributed by atoms with Crippen molar-refractivity contribution < 1.29 is 9.59 Å². The first-order valence-electron chi connectivity index (χ1n) is 11.2. The van der Waals surface area contributed by atoms with Crippen molar-refractivity contribution in [2.75, 3.05) is 5.32 Å². The monoisotopic (exact) mass is 446 g/mol. The van der Waals surface area contributed by atoms with Crippen molar-refractivity contribution in [1.29, 1.82) is 5.41 Å². The highest BCUT2D eigenvalue weighted by molar-refractivity contribution is 6.30. The highest BCUT2D eigenvalue weighted by Crippen LogP contribution is 2.27. The number of amides is 2. The molecular formula is C24H35ClN4O2. The molecular weight excluding hydrogens is 412 g/mol. The molecule has 1 atom stereocenters. The zero-order valence-corrected chi connectivity index (χ0v) is 19.6. The summed E-state index contributed by atoms with van der Waals surface area (Å²) in [5, 5.41) is 17.8. The number of rotatable bonds is 11. The lowest BCUT2D eigenvalue weighted by Gasteiger charge is -2.20. The molecule has 0 saturated heterocycles. The molecule has 1 aliphatic carbocycles. The normalized spacial score (nSPS) is 15.7. The van der Waals surface area contributed by atoms with Crippen LogP contribution in [0.4, 0.5) is 5.69 Å². The zero-order valence-electron chi connectivity index (χ0n) is 18.8. The van der Waals surface area contributed by atoms with Crippen molar-refractivity contribution in [2.45, 2.75) is 78.2 Å². The van der Waals surface area contributed by atoms with Crippen LogP contribution in [0.2, 0.25) is 5.02 Å². The van der Waals surface area contributed by atoms with Crippen LogP contribution in [0, 0.1) is 11.3 Å². The van der Waals surface area contributed by atoms with E-state index in [-0.39, 0.29) is 11.9 Å². The van der Waals surface area contributed by atoms with E-state index in [1.54, 1.807) is 12.1 Å².